The molecule has 0 aliphatic rings. The van der Waals surface area contributed by atoms with Crippen LogP contribution in [0.1, 0.15) is 20.8 Å². The third-order valence-electron chi connectivity index (χ3n) is 1.88. The molecule has 0 atom stereocenters. The summed E-state index contributed by atoms with van der Waals surface area (Å²) in [5.74, 6) is 0. The summed E-state index contributed by atoms with van der Waals surface area (Å²) in [7, 11) is 0. The summed E-state index contributed by atoms with van der Waals surface area (Å²) in [4.78, 5) is 2.33. The lowest BCUT2D eigenvalue weighted by Gasteiger charge is -2.20. The first-order chi connectivity index (χ1) is 6.79. The van der Waals surface area contributed by atoms with E-state index in [1.165, 1.54) is 10.1 Å². The number of para-hydroxylation sites is 1. The van der Waals surface area contributed by atoms with Gasteiger partial charge in [0.25, 0.3) is 0 Å². The van der Waals surface area contributed by atoms with Crippen molar-refractivity contribution in [2.75, 3.05) is 22.4 Å². The molecule has 0 aromatic heterocycles. The first kappa shape index (κ1) is 13.8. The van der Waals surface area contributed by atoms with Gasteiger partial charge in [-0.25, -0.2) is 0 Å². The average Bonchev–Trinajstić information content (AvgIpc) is 2.22. The number of nitrogens with zero attached hydrogens (tertiary/aromatic N) is 1. The van der Waals surface area contributed by atoms with Crippen molar-refractivity contribution in [1.29, 1.82) is 0 Å². The molecule has 0 heterocycles. The molecule has 14 heavy (non-hydrogen) atoms. The van der Waals surface area contributed by atoms with Crippen LogP contribution >= 0.6 is 22.6 Å². The average molecular weight is 305 g/mol. The largest absolute Gasteiger partial charge is 0.372 e. The Morgan fingerprint density at radius 2 is 1.43 bits per heavy atom. The van der Waals surface area contributed by atoms with E-state index in [0.717, 1.165) is 13.1 Å². The number of benzene rings is 1. The van der Waals surface area contributed by atoms with Crippen molar-refractivity contribution in [1.82, 2.24) is 0 Å². The van der Waals surface area contributed by atoms with Gasteiger partial charge in [-0.05, 0) is 30.4 Å². The molecule has 0 aliphatic carbocycles. The Kier molecular flexibility index (Phi) is 9.14. The Balaban J connectivity index is 0.000000500. The molecule has 0 aliphatic heterocycles. The second-order valence-corrected chi connectivity index (χ2v) is 4.30. The molecule has 1 rings (SSSR count). The predicted octanol–water partition coefficient (Wildman–Crippen LogP) is 3.97. The van der Waals surface area contributed by atoms with Crippen molar-refractivity contribution in [3.05, 3.63) is 30.3 Å². The maximum atomic E-state index is 2.33. The van der Waals surface area contributed by atoms with Crippen LogP contribution < -0.4 is 4.90 Å². The fraction of sp³-hybridized carbons (Fsp3) is 0.500. The van der Waals surface area contributed by atoms with Crippen LogP contribution in [0.15, 0.2) is 30.3 Å². The molecule has 0 amide bonds. The first-order valence-corrected chi connectivity index (χ1v) is 6.68. The van der Waals surface area contributed by atoms with Crippen LogP contribution in [-0.4, -0.2) is 17.5 Å². The summed E-state index contributed by atoms with van der Waals surface area (Å²) in [5, 5.41) is 0. The topological polar surface area (TPSA) is 3.24 Å². The monoisotopic (exact) mass is 305 g/mol. The van der Waals surface area contributed by atoms with Gasteiger partial charge in [-0.3, -0.25) is 0 Å². The summed E-state index contributed by atoms with van der Waals surface area (Å²) in [6.45, 7) is 8.63. The molecule has 1 aromatic carbocycles. The van der Waals surface area contributed by atoms with Gasteiger partial charge >= 0.3 is 0 Å². The molecular formula is C12H20IN. The molecule has 2 heteroatoms. The molecule has 0 radical (unpaired) electrons. The van der Waals surface area contributed by atoms with Crippen molar-refractivity contribution >= 4 is 28.3 Å². The highest BCUT2D eigenvalue weighted by Crippen LogP contribution is 2.11. The van der Waals surface area contributed by atoms with Gasteiger partial charge in [0, 0.05) is 18.8 Å². The van der Waals surface area contributed by atoms with Crippen molar-refractivity contribution in [3.63, 3.8) is 0 Å². The number of anilines is 1. The van der Waals surface area contributed by atoms with Crippen molar-refractivity contribution in [2.45, 2.75) is 20.8 Å². The maximum absolute atomic E-state index is 2.33. The molecule has 1 nitrogen and oxygen atoms in total. The Hall–Kier alpha value is -0.250. The third kappa shape index (κ3) is 5.47. The number of hydrogen-bond donors (Lipinski definition) is 0. The fourth-order valence-corrected chi connectivity index (χ4v) is 1.23. The molecule has 0 spiro atoms. The van der Waals surface area contributed by atoms with Crippen molar-refractivity contribution in [2.24, 2.45) is 0 Å². The Bertz CT molecular complexity index is 207. The molecule has 80 valence electrons. The van der Waals surface area contributed by atoms with Crippen LogP contribution in [0.2, 0.25) is 0 Å². The smallest absolute Gasteiger partial charge is 0.0365 e. The molecule has 1 aromatic rings. The highest BCUT2D eigenvalue weighted by molar-refractivity contribution is 14.1. The maximum Gasteiger partial charge on any atom is 0.0365 e. The van der Waals surface area contributed by atoms with E-state index in [9.17, 15) is 0 Å². The van der Waals surface area contributed by atoms with Gasteiger partial charge in [0.15, 0.2) is 0 Å². The van der Waals surface area contributed by atoms with E-state index >= 15 is 0 Å². The lowest BCUT2D eigenvalue weighted by Crippen LogP contribution is -2.21. The molecule has 0 N–H and O–H groups in total. The van der Waals surface area contributed by atoms with Crippen LogP contribution in [-0.2, 0) is 0 Å². The van der Waals surface area contributed by atoms with Crippen LogP contribution in [0.4, 0.5) is 5.69 Å². The normalized spacial score (nSPS) is 8.86. The zero-order chi connectivity index (χ0) is 10.8. The zero-order valence-corrected chi connectivity index (χ0v) is 11.5. The highest BCUT2D eigenvalue weighted by Gasteiger charge is 1.97. The minimum Gasteiger partial charge on any atom is -0.372 e. The Morgan fingerprint density at radius 1 is 1.00 bits per heavy atom. The van der Waals surface area contributed by atoms with E-state index in [-0.39, 0.29) is 0 Å². The van der Waals surface area contributed by atoms with E-state index in [0.29, 0.717) is 0 Å². The molecule has 0 saturated heterocycles. The fourth-order valence-electron chi connectivity index (χ4n) is 1.23. The number of halogens is 1. The van der Waals surface area contributed by atoms with Gasteiger partial charge in [-0.2, -0.15) is 0 Å². The Labute approximate surface area is 102 Å². The van der Waals surface area contributed by atoms with Gasteiger partial charge in [-0.15, -0.1) is 0 Å². The number of alkyl halides is 1. The molecule has 0 unspecified atom stereocenters. The second kappa shape index (κ2) is 9.31. The first-order valence-electron chi connectivity index (χ1n) is 5.16. The predicted molar refractivity (Wildman–Crippen MR) is 74.6 cm³/mol. The van der Waals surface area contributed by atoms with Gasteiger partial charge in [0.2, 0.25) is 0 Å². The zero-order valence-electron chi connectivity index (χ0n) is 9.33. The van der Waals surface area contributed by atoms with Crippen LogP contribution in [0.3, 0.4) is 0 Å². The van der Waals surface area contributed by atoms with E-state index in [2.05, 4.69) is 72.5 Å². The number of rotatable bonds is 3. The highest BCUT2D eigenvalue weighted by atomic mass is 127. The van der Waals surface area contributed by atoms with Gasteiger partial charge < -0.3 is 4.90 Å². The van der Waals surface area contributed by atoms with Crippen molar-refractivity contribution < 1.29 is 0 Å². The van der Waals surface area contributed by atoms with E-state index in [1.54, 1.807) is 0 Å². The SMILES string of the molecule is CCI.CCN(CC)c1ccccc1. The van der Waals surface area contributed by atoms with E-state index in [1.807, 2.05) is 6.07 Å². The molecule has 0 bridgehead atoms. The Morgan fingerprint density at radius 3 is 1.79 bits per heavy atom. The third-order valence-corrected chi connectivity index (χ3v) is 1.88. The minimum absolute atomic E-state index is 1.08. The molecular weight excluding hydrogens is 285 g/mol. The summed E-state index contributed by atoms with van der Waals surface area (Å²) < 4.78 is 1.22. The van der Waals surface area contributed by atoms with E-state index < -0.39 is 0 Å². The minimum atomic E-state index is 1.08. The van der Waals surface area contributed by atoms with E-state index in [4.69, 9.17) is 0 Å². The van der Waals surface area contributed by atoms with Crippen LogP contribution in [0.25, 0.3) is 0 Å². The van der Waals surface area contributed by atoms with Crippen LogP contribution in [0, 0.1) is 0 Å². The quantitative estimate of drug-likeness (QED) is 0.603. The van der Waals surface area contributed by atoms with Gasteiger partial charge in [-0.1, -0.05) is 47.7 Å². The summed E-state index contributed by atoms with van der Waals surface area (Å²) >= 11 is 2.29. The summed E-state index contributed by atoms with van der Waals surface area (Å²) in [6, 6.07) is 10.5. The molecule has 0 fully saturated rings. The lowest BCUT2D eigenvalue weighted by atomic mass is 10.3. The van der Waals surface area contributed by atoms with Gasteiger partial charge in [0.1, 0.15) is 0 Å². The summed E-state index contributed by atoms with van der Waals surface area (Å²) in [5.41, 5.74) is 1.32. The lowest BCUT2D eigenvalue weighted by molar-refractivity contribution is 0.866. The standard InChI is InChI=1S/C10H15N.C2H5I/c1-3-11(4-2)10-8-6-5-7-9-10;1-2-3/h5-9H,3-4H2,1-2H3;2H2,1H3. The molecule has 0 saturated carbocycles. The van der Waals surface area contributed by atoms with Crippen molar-refractivity contribution in [3.8, 4) is 0 Å². The summed E-state index contributed by atoms with van der Waals surface area (Å²) in [6.07, 6.45) is 0. The number of hydrogen-bond acceptors (Lipinski definition) is 1. The van der Waals surface area contributed by atoms with Crippen LogP contribution in [0.5, 0.6) is 0 Å². The second-order valence-electron chi connectivity index (χ2n) is 2.78. The van der Waals surface area contributed by atoms with Gasteiger partial charge in [0.05, 0.1) is 0 Å².